The second-order valence-corrected chi connectivity index (χ2v) is 9.36. The molecule has 3 aromatic rings. The minimum absolute atomic E-state index is 0.0511. The van der Waals surface area contributed by atoms with E-state index in [2.05, 4.69) is 23.9 Å². The van der Waals surface area contributed by atoms with Crippen molar-refractivity contribution in [2.45, 2.75) is 37.3 Å². The Morgan fingerprint density at radius 3 is 2.58 bits per heavy atom. The minimum atomic E-state index is -4.47. The lowest BCUT2D eigenvalue weighted by Gasteiger charge is -2.22. The van der Waals surface area contributed by atoms with Gasteiger partial charge in [0.2, 0.25) is 0 Å². The fourth-order valence-corrected chi connectivity index (χ4v) is 5.41. The van der Waals surface area contributed by atoms with Crippen LogP contribution in [0.5, 0.6) is 0 Å². The molecule has 0 amide bonds. The highest BCUT2D eigenvalue weighted by molar-refractivity contribution is 7.99. The molecule has 0 unspecified atom stereocenters. The number of nitrogens with zero attached hydrogens (tertiary/aromatic N) is 2. The van der Waals surface area contributed by atoms with Crippen LogP contribution in [0.3, 0.4) is 0 Å². The zero-order chi connectivity index (χ0) is 22.6. The summed E-state index contributed by atoms with van der Waals surface area (Å²) in [6.07, 6.45) is -2.93. The predicted octanol–water partition coefficient (Wildman–Crippen LogP) is 5.59. The Bertz CT molecular complexity index is 1250. The molecule has 1 aromatic heterocycles. The van der Waals surface area contributed by atoms with Crippen LogP contribution < -0.4 is 5.56 Å². The second kappa shape index (κ2) is 7.44. The molecule has 1 aliphatic rings. The van der Waals surface area contributed by atoms with E-state index in [1.165, 1.54) is 27.3 Å². The normalized spacial score (nSPS) is 15.9. The number of fused-ring (bicyclic) bond motifs is 1. The number of hydrogen-bond acceptors (Lipinski definition) is 3. The second-order valence-electron chi connectivity index (χ2n) is 8.34. The predicted molar refractivity (Wildman–Crippen MR) is 118 cm³/mol. The molecule has 0 spiro atoms. The highest BCUT2D eigenvalue weighted by atomic mass is 32.2. The quantitative estimate of drug-likeness (QED) is 0.534. The average Bonchev–Trinajstić information content (AvgIpc) is 3.19. The van der Waals surface area contributed by atoms with Crippen molar-refractivity contribution >= 4 is 23.2 Å². The molecule has 2 heterocycles. The van der Waals surface area contributed by atoms with E-state index < -0.39 is 11.7 Å². The van der Waals surface area contributed by atoms with Crippen molar-refractivity contribution in [1.82, 2.24) is 9.78 Å². The Morgan fingerprint density at radius 1 is 1.19 bits per heavy atom. The summed E-state index contributed by atoms with van der Waals surface area (Å²) in [5.74, 6) is 0.943. The molecule has 0 aliphatic carbocycles. The molecule has 31 heavy (non-hydrogen) atoms. The van der Waals surface area contributed by atoms with E-state index in [-0.39, 0.29) is 16.7 Å². The SMILES string of the molecule is Cc1c(C(=Nc2cccc(C(F)(F)F)c2)c2c[nH]n(C)c2=O)ccc2c1C(C)(C)CS2. The number of nitrogens with one attached hydrogen (secondary N) is 1. The largest absolute Gasteiger partial charge is 0.416 e. The topological polar surface area (TPSA) is 50.1 Å². The van der Waals surface area contributed by atoms with E-state index in [0.29, 0.717) is 11.3 Å². The maximum Gasteiger partial charge on any atom is 0.416 e. The van der Waals surface area contributed by atoms with Gasteiger partial charge in [0.15, 0.2) is 0 Å². The lowest BCUT2D eigenvalue weighted by atomic mass is 9.81. The van der Waals surface area contributed by atoms with E-state index in [0.717, 1.165) is 29.0 Å². The van der Waals surface area contributed by atoms with Crippen LogP contribution in [0.1, 0.15) is 41.7 Å². The maximum atomic E-state index is 13.2. The highest BCUT2D eigenvalue weighted by Crippen LogP contribution is 2.46. The van der Waals surface area contributed by atoms with Gasteiger partial charge in [0, 0.05) is 34.9 Å². The summed E-state index contributed by atoms with van der Waals surface area (Å²) in [5.41, 5.74) is 2.61. The third-order valence-corrected chi connectivity index (χ3v) is 7.07. The molecule has 0 fully saturated rings. The molecule has 1 N–H and O–H groups in total. The number of aromatic nitrogens is 2. The maximum absolute atomic E-state index is 13.2. The molecule has 0 bridgehead atoms. The number of halogens is 3. The van der Waals surface area contributed by atoms with Gasteiger partial charge in [-0.25, -0.2) is 4.99 Å². The Kier molecular flexibility index (Phi) is 5.16. The number of alkyl halides is 3. The van der Waals surface area contributed by atoms with Crippen molar-refractivity contribution in [3.05, 3.63) is 80.8 Å². The lowest BCUT2D eigenvalue weighted by Crippen LogP contribution is -2.22. The molecular formula is C23H22F3N3OS. The average molecular weight is 446 g/mol. The van der Waals surface area contributed by atoms with Gasteiger partial charge in [0.1, 0.15) is 0 Å². The van der Waals surface area contributed by atoms with Crippen molar-refractivity contribution in [1.29, 1.82) is 0 Å². The highest BCUT2D eigenvalue weighted by Gasteiger charge is 2.34. The molecule has 0 saturated heterocycles. The smallest absolute Gasteiger partial charge is 0.302 e. The van der Waals surface area contributed by atoms with E-state index in [9.17, 15) is 18.0 Å². The first-order valence-corrected chi connectivity index (χ1v) is 10.8. The first-order valence-electron chi connectivity index (χ1n) is 9.77. The molecule has 2 aromatic carbocycles. The number of hydrogen-bond donors (Lipinski definition) is 1. The molecule has 4 nitrogen and oxygen atoms in total. The summed E-state index contributed by atoms with van der Waals surface area (Å²) in [6.45, 7) is 6.32. The summed E-state index contributed by atoms with van der Waals surface area (Å²) in [7, 11) is 1.59. The van der Waals surface area contributed by atoms with Gasteiger partial charge in [-0.1, -0.05) is 26.0 Å². The van der Waals surface area contributed by atoms with Crippen molar-refractivity contribution in [2.24, 2.45) is 12.0 Å². The Balaban J connectivity index is 1.96. The number of H-pyrrole nitrogens is 1. The van der Waals surface area contributed by atoms with Crippen molar-refractivity contribution in [3.63, 3.8) is 0 Å². The monoisotopic (exact) mass is 445 g/mol. The van der Waals surface area contributed by atoms with Crippen LogP contribution in [0.25, 0.3) is 0 Å². The molecule has 1 aliphatic heterocycles. The number of thioether (sulfide) groups is 1. The first-order chi connectivity index (χ1) is 14.5. The molecule has 0 atom stereocenters. The minimum Gasteiger partial charge on any atom is -0.302 e. The number of aromatic amines is 1. The summed E-state index contributed by atoms with van der Waals surface area (Å²) in [6, 6.07) is 8.75. The third-order valence-electron chi connectivity index (χ3n) is 5.55. The molecular weight excluding hydrogens is 423 g/mol. The zero-order valence-corrected chi connectivity index (χ0v) is 18.4. The van der Waals surface area contributed by atoms with Crippen molar-refractivity contribution in [3.8, 4) is 0 Å². The summed E-state index contributed by atoms with van der Waals surface area (Å²) >= 11 is 1.78. The van der Waals surface area contributed by atoms with Gasteiger partial charge >= 0.3 is 6.18 Å². The number of rotatable bonds is 3. The van der Waals surface area contributed by atoms with Crippen LogP contribution in [0.4, 0.5) is 18.9 Å². The lowest BCUT2D eigenvalue weighted by molar-refractivity contribution is -0.137. The van der Waals surface area contributed by atoms with E-state index in [4.69, 9.17) is 0 Å². The number of aryl methyl sites for hydroxylation is 1. The van der Waals surface area contributed by atoms with Gasteiger partial charge in [-0.3, -0.25) is 9.48 Å². The Morgan fingerprint density at radius 2 is 1.94 bits per heavy atom. The zero-order valence-electron chi connectivity index (χ0n) is 17.6. The summed E-state index contributed by atoms with van der Waals surface area (Å²) < 4.78 is 40.9. The van der Waals surface area contributed by atoms with Crippen LogP contribution in [0.2, 0.25) is 0 Å². The number of aliphatic imine (C=N–C) groups is 1. The molecule has 4 rings (SSSR count). The van der Waals surface area contributed by atoms with Gasteiger partial charge in [0.25, 0.3) is 5.56 Å². The van der Waals surface area contributed by atoms with Gasteiger partial charge in [0.05, 0.1) is 22.5 Å². The van der Waals surface area contributed by atoms with Crippen LogP contribution in [-0.4, -0.2) is 21.2 Å². The van der Waals surface area contributed by atoms with Crippen LogP contribution in [-0.2, 0) is 18.6 Å². The Hall–Kier alpha value is -2.74. The van der Waals surface area contributed by atoms with E-state index in [1.807, 2.05) is 19.1 Å². The summed E-state index contributed by atoms with van der Waals surface area (Å²) in [4.78, 5) is 18.5. The van der Waals surface area contributed by atoms with Crippen LogP contribution in [0.15, 0.2) is 57.3 Å². The van der Waals surface area contributed by atoms with Gasteiger partial charge in [-0.15, -0.1) is 11.8 Å². The number of benzene rings is 2. The van der Waals surface area contributed by atoms with Crippen LogP contribution in [0, 0.1) is 6.92 Å². The third kappa shape index (κ3) is 3.84. The van der Waals surface area contributed by atoms with Gasteiger partial charge < -0.3 is 5.10 Å². The fourth-order valence-electron chi connectivity index (χ4n) is 4.01. The molecule has 0 saturated carbocycles. The van der Waals surface area contributed by atoms with Gasteiger partial charge in [-0.05, 0) is 42.3 Å². The molecule has 8 heteroatoms. The van der Waals surface area contributed by atoms with E-state index >= 15 is 0 Å². The first kappa shape index (κ1) is 21.5. The van der Waals surface area contributed by atoms with Crippen molar-refractivity contribution in [2.75, 3.05) is 5.75 Å². The summed E-state index contributed by atoms with van der Waals surface area (Å²) in [5, 5.41) is 2.84. The Labute approximate surface area is 182 Å². The van der Waals surface area contributed by atoms with Crippen LogP contribution >= 0.6 is 11.8 Å². The molecule has 162 valence electrons. The van der Waals surface area contributed by atoms with Crippen molar-refractivity contribution < 1.29 is 13.2 Å². The molecule has 0 radical (unpaired) electrons. The van der Waals surface area contributed by atoms with Gasteiger partial charge in [-0.2, -0.15) is 13.2 Å². The van der Waals surface area contributed by atoms with E-state index in [1.54, 1.807) is 25.0 Å². The fraction of sp³-hybridized carbons (Fsp3) is 0.304. The standard InChI is InChI=1S/C23H22F3N3OS/c1-13-16(8-9-18-19(13)22(2,3)12-31-18)20(17-11-27-29(4)21(17)30)28-15-7-5-6-14(10-15)23(24,25)26/h5-11,27H,12H2,1-4H3.